The highest BCUT2D eigenvalue weighted by atomic mass is 16.5. The van der Waals surface area contributed by atoms with Crippen LogP contribution in [0, 0.1) is 18.8 Å². The van der Waals surface area contributed by atoms with Crippen molar-refractivity contribution in [3.8, 4) is 11.8 Å². The summed E-state index contributed by atoms with van der Waals surface area (Å²) in [5, 5.41) is 6.25. The van der Waals surface area contributed by atoms with Gasteiger partial charge in [0.2, 0.25) is 5.76 Å². The van der Waals surface area contributed by atoms with Crippen molar-refractivity contribution in [2.45, 2.75) is 6.92 Å². The Morgan fingerprint density at radius 3 is 3.05 bits per heavy atom. The number of hydrogen-bond donors (Lipinski definition) is 2. The number of pyridine rings is 1. The third kappa shape index (κ3) is 3.40. The Labute approximate surface area is 110 Å². The molecule has 0 atom stereocenters. The maximum atomic E-state index is 11.8. The molecule has 2 heterocycles. The molecule has 19 heavy (non-hydrogen) atoms. The van der Waals surface area contributed by atoms with Gasteiger partial charge in [0.1, 0.15) is 11.5 Å². The summed E-state index contributed by atoms with van der Waals surface area (Å²) in [6.07, 6.45) is 0. The second-order valence-electron chi connectivity index (χ2n) is 3.70. The highest BCUT2D eigenvalue weighted by molar-refractivity contribution is 6.01. The molecule has 0 radical (unpaired) electrons. The fourth-order valence-electron chi connectivity index (χ4n) is 1.36. The second-order valence-corrected chi connectivity index (χ2v) is 3.70. The monoisotopic (exact) mass is 256 g/mol. The van der Waals surface area contributed by atoms with Gasteiger partial charge in [-0.15, -0.1) is 0 Å². The maximum Gasteiger partial charge on any atom is 0.295 e. The van der Waals surface area contributed by atoms with Crippen LogP contribution in [0.5, 0.6) is 0 Å². The van der Waals surface area contributed by atoms with E-state index in [-0.39, 0.29) is 12.3 Å². The molecule has 0 unspecified atom stereocenters. The van der Waals surface area contributed by atoms with Gasteiger partial charge in [0.05, 0.1) is 12.2 Å². The summed E-state index contributed by atoms with van der Waals surface area (Å²) < 4.78 is 4.86. The van der Waals surface area contributed by atoms with Crippen LogP contribution in [-0.2, 0) is 0 Å². The Hall–Kier alpha value is -2.65. The number of hydrogen-bond acceptors (Lipinski definition) is 5. The minimum Gasteiger partial charge on any atom is -0.351 e. The van der Waals surface area contributed by atoms with Crippen molar-refractivity contribution in [3.05, 3.63) is 41.4 Å². The molecule has 0 saturated carbocycles. The van der Waals surface area contributed by atoms with E-state index in [2.05, 4.69) is 27.3 Å². The van der Waals surface area contributed by atoms with Crippen molar-refractivity contribution < 1.29 is 9.32 Å². The molecule has 0 aliphatic heterocycles. The zero-order valence-corrected chi connectivity index (χ0v) is 10.3. The van der Waals surface area contributed by atoms with E-state index in [0.717, 1.165) is 0 Å². The molecular weight excluding hydrogens is 244 g/mol. The molecule has 6 nitrogen and oxygen atoms in total. The van der Waals surface area contributed by atoms with Crippen molar-refractivity contribution >= 4 is 11.7 Å². The third-order valence-corrected chi connectivity index (χ3v) is 2.16. The van der Waals surface area contributed by atoms with Gasteiger partial charge in [0.25, 0.3) is 5.91 Å². The first kappa shape index (κ1) is 12.8. The van der Waals surface area contributed by atoms with Crippen LogP contribution in [-0.4, -0.2) is 22.6 Å². The molecule has 0 saturated heterocycles. The van der Waals surface area contributed by atoms with E-state index in [4.69, 9.17) is 10.3 Å². The van der Waals surface area contributed by atoms with Gasteiger partial charge in [-0.2, -0.15) is 0 Å². The predicted octanol–water partition coefficient (Wildman–Crippen LogP) is 0.941. The number of nitrogens with two attached hydrogens (primary N) is 1. The standard InChI is InChI=1S/C13H12N4O2/c1-9-8-11(19-17-9)13(18)16-12-6-2-4-10(15-12)5-3-7-14/h2,4,6,8H,7,14H2,1H3,(H,15,16,18). The summed E-state index contributed by atoms with van der Waals surface area (Å²) in [5.74, 6) is 5.61. The number of carbonyl (C=O) groups excluding carboxylic acids is 1. The fourth-order valence-corrected chi connectivity index (χ4v) is 1.36. The van der Waals surface area contributed by atoms with E-state index in [0.29, 0.717) is 17.2 Å². The summed E-state index contributed by atoms with van der Waals surface area (Å²) in [4.78, 5) is 16.0. The maximum absolute atomic E-state index is 11.8. The Kier molecular flexibility index (Phi) is 3.90. The lowest BCUT2D eigenvalue weighted by Gasteiger charge is -2.01. The smallest absolute Gasteiger partial charge is 0.295 e. The molecule has 2 aromatic heterocycles. The van der Waals surface area contributed by atoms with Gasteiger partial charge in [0, 0.05) is 6.07 Å². The number of aromatic nitrogens is 2. The summed E-state index contributed by atoms with van der Waals surface area (Å²) in [5.41, 5.74) is 6.46. The van der Waals surface area contributed by atoms with Crippen LogP contribution in [0.2, 0.25) is 0 Å². The van der Waals surface area contributed by atoms with E-state index in [1.54, 1.807) is 31.2 Å². The lowest BCUT2D eigenvalue weighted by atomic mass is 10.3. The molecule has 2 rings (SSSR count). The number of carbonyl (C=O) groups is 1. The highest BCUT2D eigenvalue weighted by Gasteiger charge is 2.12. The first-order valence-electron chi connectivity index (χ1n) is 5.59. The van der Waals surface area contributed by atoms with E-state index in [9.17, 15) is 4.79 Å². The van der Waals surface area contributed by atoms with Crippen LogP contribution in [0.1, 0.15) is 21.9 Å². The fraction of sp³-hybridized carbons (Fsp3) is 0.154. The number of amides is 1. The SMILES string of the molecule is Cc1cc(C(=O)Nc2cccc(C#CCN)n2)on1. The van der Waals surface area contributed by atoms with Crippen molar-refractivity contribution in [1.82, 2.24) is 10.1 Å². The van der Waals surface area contributed by atoms with Crippen LogP contribution >= 0.6 is 0 Å². The van der Waals surface area contributed by atoms with Gasteiger partial charge in [-0.3, -0.25) is 4.79 Å². The molecule has 0 aromatic carbocycles. The van der Waals surface area contributed by atoms with Gasteiger partial charge in [-0.05, 0) is 25.0 Å². The summed E-state index contributed by atoms with van der Waals surface area (Å²) in [6, 6.07) is 6.69. The van der Waals surface area contributed by atoms with E-state index in [1.165, 1.54) is 0 Å². The van der Waals surface area contributed by atoms with Crippen molar-refractivity contribution in [3.63, 3.8) is 0 Å². The van der Waals surface area contributed by atoms with Crippen LogP contribution in [0.4, 0.5) is 5.82 Å². The Morgan fingerprint density at radius 2 is 2.37 bits per heavy atom. The Balaban J connectivity index is 2.13. The first-order valence-corrected chi connectivity index (χ1v) is 5.59. The predicted molar refractivity (Wildman–Crippen MR) is 69.4 cm³/mol. The van der Waals surface area contributed by atoms with Crippen LogP contribution < -0.4 is 11.1 Å². The van der Waals surface area contributed by atoms with E-state index < -0.39 is 5.91 Å². The molecule has 1 amide bonds. The van der Waals surface area contributed by atoms with Gasteiger partial charge in [-0.25, -0.2) is 4.98 Å². The lowest BCUT2D eigenvalue weighted by molar-refractivity contribution is 0.0987. The molecule has 0 spiro atoms. The van der Waals surface area contributed by atoms with Gasteiger partial charge < -0.3 is 15.6 Å². The first-order chi connectivity index (χ1) is 9.19. The Morgan fingerprint density at radius 1 is 1.53 bits per heavy atom. The average Bonchev–Trinajstić information content (AvgIpc) is 2.83. The van der Waals surface area contributed by atoms with Gasteiger partial charge >= 0.3 is 0 Å². The molecule has 0 fully saturated rings. The number of rotatable bonds is 2. The summed E-state index contributed by atoms with van der Waals surface area (Å²) >= 11 is 0. The zero-order valence-electron chi connectivity index (χ0n) is 10.3. The molecule has 3 N–H and O–H groups in total. The molecule has 6 heteroatoms. The average molecular weight is 256 g/mol. The Bertz CT molecular complexity index is 652. The van der Waals surface area contributed by atoms with Crippen molar-refractivity contribution in [2.75, 3.05) is 11.9 Å². The normalized spacial score (nSPS) is 9.58. The third-order valence-electron chi connectivity index (χ3n) is 2.16. The zero-order chi connectivity index (χ0) is 13.7. The minimum atomic E-state index is -0.406. The largest absolute Gasteiger partial charge is 0.351 e. The van der Waals surface area contributed by atoms with Gasteiger partial charge in [0.15, 0.2) is 0 Å². The van der Waals surface area contributed by atoms with Crippen LogP contribution in [0.25, 0.3) is 0 Å². The summed E-state index contributed by atoms with van der Waals surface area (Å²) in [7, 11) is 0. The number of aryl methyl sites for hydroxylation is 1. The highest BCUT2D eigenvalue weighted by Crippen LogP contribution is 2.08. The minimum absolute atomic E-state index is 0.137. The number of nitrogens with one attached hydrogen (secondary N) is 1. The lowest BCUT2D eigenvalue weighted by Crippen LogP contribution is -2.12. The van der Waals surface area contributed by atoms with Gasteiger partial charge in [-0.1, -0.05) is 17.1 Å². The summed E-state index contributed by atoms with van der Waals surface area (Å²) in [6.45, 7) is 2.00. The van der Waals surface area contributed by atoms with Crippen LogP contribution in [0.15, 0.2) is 28.8 Å². The van der Waals surface area contributed by atoms with E-state index >= 15 is 0 Å². The number of anilines is 1. The van der Waals surface area contributed by atoms with Crippen molar-refractivity contribution in [2.24, 2.45) is 5.73 Å². The van der Waals surface area contributed by atoms with Crippen LogP contribution in [0.3, 0.4) is 0 Å². The topological polar surface area (TPSA) is 94.0 Å². The van der Waals surface area contributed by atoms with E-state index in [1.807, 2.05) is 0 Å². The molecule has 0 bridgehead atoms. The molecule has 96 valence electrons. The quantitative estimate of drug-likeness (QED) is 0.780. The van der Waals surface area contributed by atoms with Crippen molar-refractivity contribution in [1.29, 1.82) is 0 Å². The molecule has 0 aliphatic carbocycles. The molecular formula is C13H12N4O2. The molecule has 0 aliphatic rings. The second kappa shape index (κ2) is 5.80. The number of nitrogens with zero attached hydrogens (tertiary/aromatic N) is 2. The molecule has 2 aromatic rings.